The summed E-state index contributed by atoms with van der Waals surface area (Å²) in [6.07, 6.45) is 2.52. The van der Waals surface area contributed by atoms with Crippen molar-refractivity contribution in [3.8, 4) is 10.6 Å². The van der Waals surface area contributed by atoms with Crippen LogP contribution in [0.3, 0.4) is 0 Å². The Labute approximate surface area is 72.2 Å². The molecule has 0 bridgehead atoms. The lowest BCUT2D eigenvalue weighted by Gasteiger charge is -1.82. The summed E-state index contributed by atoms with van der Waals surface area (Å²) in [4.78, 5) is 12.0. The van der Waals surface area contributed by atoms with Gasteiger partial charge in [-0.15, -0.1) is 16.4 Å². The topological polar surface area (TPSA) is 58.6 Å². The second kappa shape index (κ2) is 2.86. The van der Waals surface area contributed by atoms with Crippen molar-refractivity contribution in [2.24, 2.45) is 0 Å². The van der Waals surface area contributed by atoms with Crippen LogP contribution in [0.5, 0.6) is 0 Å². The number of aromatic amines is 1. The number of carbonyl (C=O) groups excluding carboxylic acids is 1. The zero-order valence-corrected chi connectivity index (χ0v) is 6.84. The minimum Gasteiger partial charge on any atom is -0.297 e. The van der Waals surface area contributed by atoms with E-state index in [1.165, 1.54) is 11.3 Å². The maximum atomic E-state index is 10.4. The molecule has 4 nitrogen and oxygen atoms in total. The Morgan fingerprint density at radius 2 is 2.42 bits per heavy atom. The van der Waals surface area contributed by atoms with Crippen LogP contribution in [0.2, 0.25) is 0 Å². The molecule has 0 aliphatic carbocycles. The van der Waals surface area contributed by atoms with Gasteiger partial charge in [0.05, 0.1) is 16.0 Å². The van der Waals surface area contributed by atoms with Crippen LogP contribution in [0.4, 0.5) is 0 Å². The lowest BCUT2D eigenvalue weighted by Crippen LogP contribution is -1.70. The monoisotopic (exact) mass is 179 g/mol. The van der Waals surface area contributed by atoms with E-state index in [-0.39, 0.29) is 0 Å². The molecule has 0 radical (unpaired) electrons. The molecule has 0 unspecified atom stereocenters. The molecule has 0 amide bonds. The molecule has 2 aromatic heterocycles. The SMILES string of the molecule is O=Cc1ccc(-c2c[nH]nn2)s1. The van der Waals surface area contributed by atoms with Gasteiger partial charge in [0.1, 0.15) is 5.69 Å². The number of aromatic nitrogens is 3. The van der Waals surface area contributed by atoms with Crippen molar-refractivity contribution in [3.63, 3.8) is 0 Å². The summed E-state index contributed by atoms with van der Waals surface area (Å²) in [5, 5.41) is 10.0. The number of nitrogens with zero attached hydrogens (tertiary/aromatic N) is 2. The highest BCUT2D eigenvalue weighted by Gasteiger charge is 2.03. The second-order valence-corrected chi connectivity index (χ2v) is 3.29. The van der Waals surface area contributed by atoms with Crippen LogP contribution in [0.15, 0.2) is 18.3 Å². The molecule has 0 aliphatic rings. The molecule has 2 rings (SSSR count). The van der Waals surface area contributed by atoms with Crippen LogP contribution in [-0.2, 0) is 0 Å². The summed E-state index contributed by atoms with van der Waals surface area (Å²) < 4.78 is 0. The highest BCUT2D eigenvalue weighted by atomic mass is 32.1. The van der Waals surface area contributed by atoms with Crippen LogP contribution >= 0.6 is 11.3 Å². The standard InChI is InChI=1S/C7H5N3OS/c11-4-5-1-2-7(12-5)6-3-8-10-9-6/h1-4H,(H,8,9,10). The molecular weight excluding hydrogens is 174 g/mol. The molecule has 2 aromatic rings. The van der Waals surface area contributed by atoms with Gasteiger partial charge in [0.2, 0.25) is 0 Å². The number of carbonyl (C=O) groups is 1. The van der Waals surface area contributed by atoms with Crippen LogP contribution in [-0.4, -0.2) is 21.7 Å². The Hall–Kier alpha value is -1.49. The highest BCUT2D eigenvalue weighted by molar-refractivity contribution is 7.17. The first kappa shape index (κ1) is 7.17. The molecule has 5 heteroatoms. The average Bonchev–Trinajstić information content (AvgIpc) is 2.75. The second-order valence-electron chi connectivity index (χ2n) is 2.18. The van der Waals surface area contributed by atoms with Crippen molar-refractivity contribution >= 4 is 17.6 Å². The zero-order valence-electron chi connectivity index (χ0n) is 6.02. The van der Waals surface area contributed by atoms with Crippen molar-refractivity contribution in [2.75, 3.05) is 0 Å². The number of hydrogen-bond acceptors (Lipinski definition) is 4. The molecular formula is C7H5N3OS. The molecule has 0 fully saturated rings. The first-order chi connectivity index (χ1) is 5.90. The van der Waals surface area contributed by atoms with E-state index in [4.69, 9.17) is 0 Å². The molecule has 0 aromatic carbocycles. The van der Waals surface area contributed by atoms with E-state index >= 15 is 0 Å². The summed E-state index contributed by atoms with van der Waals surface area (Å²) in [5.74, 6) is 0. The van der Waals surface area contributed by atoms with Crippen LogP contribution in [0.1, 0.15) is 9.67 Å². The van der Waals surface area contributed by atoms with Gasteiger partial charge in [-0.2, -0.15) is 0 Å². The lowest BCUT2D eigenvalue weighted by atomic mass is 10.4. The predicted molar refractivity (Wildman–Crippen MR) is 45.1 cm³/mol. The first-order valence-corrected chi connectivity index (χ1v) is 4.13. The molecule has 0 spiro atoms. The van der Waals surface area contributed by atoms with Crippen LogP contribution in [0, 0.1) is 0 Å². The van der Waals surface area contributed by atoms with E-state index < -0.39 is 0 Å². The Kier molecular flexibility index (Phi) is 1.71. The van der Waals surface area contributed by atoms with E-state index in [9.17, 15) is 4.79 Å². The quantitative estimate of drug-likeness (QED) is 0.708. The molecule has 0 saturated carbocycles. The maximum Gasteiger partial charge on any atom is 0.160 e. The number of H-pyrrole nitrogens is 1. The van der Waals surface area contributed by atoms with Gasteiger partial charge < -0.3 is 0 Å². The maximum absolute atomic E-state index is 10.4. The fourth-order valence-corrected chi connectivity index (χ4v) is 1.65. The number of aldehydes is 1. The van der Waals surface area contributed by atoms with Gasteiger partial charge >= 0.3 is 0 Å². The first-order valence-electron chi connectivity index (χ1n) is 3.32. The van der Waals surface area contributed by atoms with Gasteiger partial charge in [-0.3, -0.25) is 9.89 Å². The molecule has 2 heterocycles. The van der Waals surface area contributed by atoms with Gasteiger partial charge in [-0.1, -0.05) is 5.21 Å². The third kappa shape index (κ3) is 1.14. The summed E-state index contributed by atoms with van der Waals surface area (Å²) in [7, 11) is 0. The number of thiophene rings is 1. The molecule has 0 aliphatic heterocycles. The Morgan fingerprint density at radius 3 is 3.00 bits per heavy atom. The fraction of sp³-hybridized carbons (Fsp3) is 0. The van der Waals surface area contributed by atoms with E-state index in [2.05, 4.69) is 15.4 Å². The van der Waals surface area contributed by atoms with E-state index in [0.29, 0.717) is 4.88 Å². The third-order valence-electron chi connectivity index (χ3n) is 1.41. The van der Waals surface area contributed by atoms with Crippen molar-refractivity contribution in [1.29, 1.82) is 0 Å². The summed E-state index contributed by atoms with van der Waals surface area (Å²) in [6.45, 7) is 0. The molecule has 1 N–H and O–H groups in total. The van der Waals surface area contributed by atoms with E-state index in [1.54, 1.807) is 12.3 Å². The smallest absolute Gasteiger partial charge is 0.160 e. The molecule has 12 heavy (non-hydrogen) atoms. The van der Waals surface area contributed by atoms with Gasteiger partial charge in [0.15, 0.2) is 6.29 Å². The fourth-order valence-electron chi connectivity index (χ4n) is 0.876. The van der Waals surface area contributed by atoms with Crippen molar-refractivity contribution in [2.45, 2.75) is 0 Å². The van der Waals surface area contributed by atoms with Gasteiger partial charge in [0.25, 0.3) is 0 Å². The largest absolute Gasteiger partial charge is 0.297 e. The van der Waals surface area contributed by atoms with Gasteiger partial charge in [-0.25, -0.2) is 0 Å². The van der Waals surface area contributed by atoms with Crippen LogP contribution < -0.4 is 0 Å². The number of rotatable bonds is 2. The summed E-state index contributed by atoms with van der Waals surface area (Å²) in [5.41, 5.74) is 0.771. The van der Waals surface area contributed by atoms with Gasteiger partial charge in [-0.05, 0) is 12.1 Å². The molecule has 0 saturated heterocycles. The molecule has 0 atom stereocenters. The predicted octanol–water partition coefficient (Wildman–Crippen LogP) is 1.35. The van der Waals surface area contributed by atoms with Crippen molar-refractivity contribution in [3.05, 3.63) is 23.2 Å². The Bertz CT molecular complexity index is 379. The summed E-state index contributed by atoms with van der Waals surface area (Å²) in [6, 6.07) is 3.62. The normalized spacial score (nSPS) is 10.0. The summed E-state index contributed by atoms with van der Waals surface area (Å²) >= 11 is 1.40. The van der Waals surface area contributed by atoms with Crippen molar-refractivity contribution < 1.29 is 4.79 Å². The molecule has 60 valence electrons. The minimum absolute atomic E-state index is 0.702. The zero-order chi connectivity index (χ0) is 8.39. The Morgan fingerprint density at radius 1 is 1.50 bits per heavy atom. The van der Waals surface area contributed by atoms with Gasteiger partial charge in [0, 0.05) is 0 Å². The van der Waals surface area contributed by atoms with Crippen molar-refractivity contribution in [1.82, 2.24) is 15.4 Å². The van der Waals surface area contributed by atoms with E-state index in [1.807, 2.05) is 6.07 Å². The minimum atomic E-state index is 0.702. The lowest BCUT2D eigenvalue weighted by molar-refractivity contribution is 0.112. The third-order valence-corrected chi connectivity index (χ3v) is 2.45. The van der Waals surface area contributed by atoms with Crippen LogP contribution in [0.25, 0.3) is 10.6 Å². The Balaban J connectivity index is 2.41. The number of nitrogens with one attached hydrogen (secondary N) is 1. The average molecular weight is 179 g/mol. The van der Waals surface area contributed by atoms with E-state index in [0.717, 1.165) is 16.9 Å². The highest BCUT2D eigenvalue weighted by Crippen LogP contribution is 2.24. The number of hydrogen-bond donors (Lipinski definition) is 1.